The van der Waals surface area contributed by atoms with Crippen LogP contribution >= 0.6 is 0 Å². The smallest absolute Gasteiger partial charge is 0.219 e. The van der Waals surface area contributed by atoms with Crippen molar-refractivity contribution in [1.29, 1.82) is 0 Å². The molecule has 0 bridgehead atoms. The number of unbranched alkanes of at least 4 members (excludes halogenated alkanes) is 1. The van der Waals surface area contributed by atoms with Crippen LogP contribution in [0.2, 0.25) is 0 Å². The van der Waals surface area contributed by atoms with E-state index in [1.165, 1.54) is 37.7 Å². The number of nitrogens with one attached hydrogen (secondary N) is 2. The Morgan fingerprint density at radius 1 is 1.25 bits per heavy atom. The van der Waals surface area contributed by atoms with Crippen molar-refractivity contribution in [3.05, 3.63) is 24.0 Å². The van der Waals surface area contributed by atoms with Gasteiger partial charge in [0.15, 0.2) is 0 Å². The van der Waals surface area contributed by atoms with Gasteiger partial charge in [-0.2, -0.15) is 0 Å². The highest BCUT2D eigenvalue weighted by atomic mass is 16.1. The molecule has 3 nitrogen and oxygen atoms in total. The third-order valence-corrected chi connectivity index (χ3v) is 4.37. The van der Waals surface area contributed by atoms with Crippen LogP contribution in [0.5, 0.6) is 0 Å². The Morgan fingerprint density at radius 3 is 2.85 bits per heavy atom. The van der Waals surface area contributed by atoms with Crippen molar-refractivity contribution in [3.63, 3.8) is 0 Å². The van der Waals surface area contributed by atoms with Crippen LogP contribution in [-0.2, 0) is 11.2 Å². The Labute approximate surface area is 122 Å². The van der Waals surface area contributed by atoms with Gasteiger partial charge in [0, 0.05) is 25.4 Å². The van der Waals surface area contributed by atoms with Crippen molar-refractivity contribution < 1.29 is 4.79 Å². The molecule has 1 aromatic rings. The summed E-state index contributed by atoms with van der Waals surface area (Å²) in [4.78, 5) is 14.8. The summed E-state index contributed by atoms with van der Waals surface area (Å²) >= 11 is 0. The van der Waals surface area contributed by atoms with Crippen LogP contribution in [0.4, 0.5) is 0 Å². The first kappa shape index (κ1) is 15.1. The maximum Gasteiger partial charge on any atom is 0.219 e. The fraction of sp³-hybridized carbons (Fsp3) is 0.706. The van der Waals surface area contributed by atoms with Crippen molar-refractivity contribution in [1.82, 2.24) is 10.3 Å². The van der Waals surface area contributed by atoms with Crippen LogP contribution in [0.25, 0.3) is 0 Å². The normalized spacial score (nSPS) is 15.6. The Morgan fingerprint density at radius 2 is 2.10 bits per heavy atom. The molecule has 112 valence electrons. The van der Waals surface area contributed by atoms with E-state index in [4.69, 9.17) is 0 Å². The molecule has 1 heterocycles. The average molecular weight is 276 g/mol. The lowest BCUT2D eigenvalue weighted by Gasteiger charge is -2.08. The van der Waals surface area contributed by atoms with E-state index in [0.717, 1.165) is 38.1 Å². The van der Waals surface area contributed by atoms with Crippen LogP contribution in [0.1, 0.15) is 63.4 Å². The monoisotopic (exact) mass is 276 g/mol. The van der Waals surface area contributed by atoms with Crippen LogP contribution in [-0.4, -0.2) is 17.4 Å². The molecule has 1 aliphatic carbocycles. The van der Waals surface area contributed by atoms with Gasteiger partial charge in [-0.3, -0.25) is 4.79 Å². The summed E-state index contributed by atoms with van der Waals surface area (Å²) in [7, 11) is 0. The maximum absolute atomic E-state index is 11.7. The number of amides is 1. The topological polar surface area (TPSA) is 44.9 Å². The summed E-state index contributed by atoms with van der Waals surface area (Å²) in [5.41, 5.74) is 1.35. The number of rotatable bonds is 9. The molecule has 0 atom stereocenters. The largest absolute Gasteiger partial charge is 0.367 e. The quantitative estimate of drug-likeness (QED) is 0.662. The summed E-state index contributed by atoms with van der Waals surface area (Å²) in [6, 6.07) is 2.11. The predicted molar refractivity (Wildman–Crippen MR) is 82.5 cm³/mol. The van der Waals surface area contributed by atoms with Gasteiger partial charge in [0.25, 0.3) is 0 Å². The molecule has 0 radical (unpaired) electrons. The van der Waals surface area contributed by atoms with E-state index in [1.54, 1.807) is 0 Å². The van der Waals surface area contributed by atoms with Crippen molar-refractivity contribution in [3.8, 4) is 0 Å². The number of hydrogen-bond acceptors (Lipinski definition) is 1. The van der Waals surface area contributed by atoms with Gasteiger partial charge < -0.3 is 10.3 Å². The van der Waals surface area contributed by atoms with Crippen molar-refractivity contribution in [2.24, 2.45) is 5.92 Å². The Bertz CT molecular complexity index is 366. The van der Waals surface area contributed by atoms with Crippen LogP contribution < -0.4 is 5.32 Å². The molecule has 0 spiro atoms. The van der Waals surface area contributed by atoms with E-state index in [-0.39, 0.29) is 5.91 Å². The van der Waals surface area contributed by atoms with Crippen LogP contribution in [0, 0.1) is 5.92 Å². The highest BCUT2D eigenvalue weighted by Crippen LogP contribution is 2.28. The second-order valence-electron chi connectivity index (χ2n) is 6.07. The maximum atomic E-state index is 11.7. The summed E-state index contributed by atoms with van der Waals surface area (Å²) in [5, 5.41) is 3.04. The number of carbonyl (C=O) groups excluding carboxylic acids is 1. The zero-order valence-corrected chi connectivity index (χ0v) is 12.5. The third kappa shape index (κ3) is 5.81. The molecule has 3 heteroatoms. The second kappa shape index (κ2) is 8.83. The highest BCUT2D eigenvalue weighted by Gasteiger charge is 2.14. The number of H-pyrrole nitrogens is 1. The summed E-state index contributed by atoms with van der Waals surface area (Å²) < 4.78 is 0. The van der Waals surface area contributed by atoms with Crippen LogP contribution in [0.3, 0.4) is 0 Å². The molecule has 1 amide bonds. The Balaban J connectivity index is 1.41. The fourth-order valence-electron chi connectivity index (χ4n) is 3.13. The lowest BCUT2D eigenvalue weighted by Crippen LogP contribution is -2.24. The number of aryl methyl sites for hydroxylation is 1. The molecule has 1 fully saturated rings. The SMILES string of the molecule is O=C(CCCC1CCCC1)NCCCCc1cc[nH]c1. The van der Waals surface area contributed by atoms with Crippen LogP contribution in [0.15, 0.2) is 18.5 Å². The molecular weight excluding hydrogens is 248 g/mol. The van der Waals surface area contributed by atoms with Crippen molar-refractivity contribution in [2.45, 2.75) is 64.2 Å². The molecular formula is C17H28N2O. The standard InChI is InChI=1S/C17H28N2O/c20-17(10-5-9-15-6-1-2-7-15)19-12-4-3-8-16-11-13-18-14-16/h11,13-15,18H,1-10,12H2,(H,19,20). The van der Waals surface area contributed by atoms with E-state index < -0.39 is 0 Å². The van der Waals surface area contributed by atoms with Gasteiger partial charge in [0.05, 0.1) is 0 Å². The van der Waals surface area contributed by atoms with Gasteiger partial charge in [-0.05, 0) is 49.7 Å². The lowest BCUT2D eigenvalue weighted by atomic mass is 10.0. The molecule has 0 saturated heterocycles. The van der Waals surface area contributed by atoms with Gasteiger partial charge >= 0.3 is 0 Å². The van der Waals surface area contributed by atoms with Crippen molar-refractivity contribution >= 4 is 5.91 Å². The minimum atomic E-state index is 0.240. The third-order valence-electron chi connectivity index (χ3n) is 4.37. The lowest BCUT2D eigenvalue weighted by molar-refractivity contribution is -0.121. The van der Waals surface area contributed by atoms with E-state index in [1.807, 2.05) is 12.4 Å². The molecule has 1 aliphatic rings. The zero-order chi connectivity index (χ0) is 14.0. The molecule has 20 heavy (non-hydrogen) atoms. The first-order valence-corrected chi connectivity index (χ1v) is 8.23. The second-order valence-corrected chi connectivity index (χ2v) is 6.07. The summed E-state index contributed by atoms with van der Waals surface area (Å²) in [6.45, 7) is 0.826. The first-order chi connectivity index (χ1) is 9.84. The van der Waals surface area contributed by atoms with Gasteiger partial charge in [-0.15, -0.1) is 0 Å². The number of aromatic nitrogens is 1. The van der Waals surface area contributed by atoms with E-state index in [2.05, 4.69) is 16.4 Å². The summed E-state index contributed by atoms with van der Waals surface area (Å²) in [5.74, 6) is 1.15. The van der Waals surface area contributed by atoms with Gasteiger partial charge in [-0.1, -0.05) is 25.7 Å². The molecule has 0 aliphatic heterocycles. The van der Waals surface area contributed by atoms with Crippen molar-refractivity contribution in [2.75, 3.05) is 6.54 Å². The Hall–Kier alpha value is -1.25. The number of hydrogen-bond donors (Lipinski definition) is 2. The average Bonchev–Trinajstić information content (AvgIpc) is 3.11. The molecule has 0 unspecified atom stereocenters. The van der Waals surface area contributed by atoms with E-state index in [9.17, 15) is 4.79 Å². The minimum Gasteiger partial charge on any atom is -0.367 e. The predicted octanol–water partition coefficient (Wildman–Crippen LogP) is 3.81. The molecule has 0 aromatic carbocycles. The fourth-order valence-corrected chi connectivity index (χ4v) is 3.13. The molecule has 2 rings (SSSR count). The van der Waals surface area contributed by atoms with E-state index >= 15 is 0 Å². The van der Waals surface area contributed by atoms with Gasteiger partial charge in [0.2, 0.25) is 5.91 Å². The highest BCUT2D eigenvalue weighted by molar-refractivity contribution is 5.75. The zero-order valence-electron chi connectivity index (χ0n) is 12.5. The Kier molecular flexibility index (Phi) is 6.69. The summed E-state index contributed by atoms with van der Waals surface area (Å²) in [6.07, 6.45) is 15.9. The number of carbonyl (C=O) groups is 1. The van der Waals surface area contributed by atoms with Gasteiger partial charge in [0.1, 0.15) is 0 Å². The molecule has 2 N–H and O–H groups in total. The molecule has 1 aromatic heterocycles. The molecule has 1 saturated carbocycles. The number of aromatic amines is 1. The van der Waals surface area contributed by atoms with Gasteiger partial charge in [-0.25, -0.2) is 0 Å². The minimum absolute atomic E-state index is 0.240. The van der Waals surface area contributed by atoms with E-state index in [0.29, 0.717) is 6.42 Å². The first-order valence-electron chi connectivity index (χ1n) is 8.23.